The summed E-state index contributed by atoms with van der Waals surface area (Å²) in [6.45, 7) is 0.420. The molecule has 0 bridgehead atoms. The number of nitrogens with one attached hydrogen (secondary N) is 2. The van der Waals surface area contributed by atoms with E-state index in [-0.39, 0.29) is 12.3 Å². The van der Waals surface area contributed by atoms with Crippen molar-refractivity contribution < 1.29 is 9.90 Å². The molecule has 2 aromatic heterocycles. The van der Waals surface area contributed by atoms with Gasteiger partial charge in [0.1, 0.15) is 6.10 Å². The Hall–Kier alpha value is -2.18. The van der Waals surface area contributed by atoms with Crippen molar-refractivity contribution in [3.63, 3.8) is 0 Å². The standard InChI is InChI=1S/C15H15N3O2S/c19-13(5-11-7-16-9-18-11)15(20)17-6-10-8-21-14-4-2-1-3-12(10)14/h1-4,7-9,13,19H,5-6H2,(H,16,18)(H,17,20)/t13-/m0/s1. The molecule has 0 radical (unpaired) electrons. The number of aliphatic hydroxyl groups is 1. The predicted octanol–water partition coefficient (Wildman–Crippen LogP) is 1.84. The number of benzene rings is 1. The van der Waals surface area contributed by atoms with E-state index >= 15 is 0 Å². The molecule has 5 nitrogen and oxygen atoms in total. The largest absolute Gasteiger partial charge is 0.383 e. The van der Waals surface area contributed by atoms with Crippen molar-refractivity contribution in [2.45, 2.75) is 19.1 Å². The molecule has 0 saturated carbocycles. The molecule has 0 fully saturated rings. The summed E-state index contributed by atoms with van der Waals surface area (Å²) in [6, 6.07) is 8.07. The van der Waals surface area contributed by atoms with Crippen LogP contribution in [-0.2, 0) is 17.8 Å². The van der Waals surface area contributed by atoms with E-state index in [0.717, 1.165) is 16.6 Å². The van der Waals surface area contributed by atoms with E-state index in [4.69, 9.17) is 0 Å². The van der Waals surface area contributed by atoms with Crippen molar-refractivity contribution in [3.05, 3.63) is 53.4 Å². The Labute approximate surface area is 125 Å². The van der Waals surface area contributed by atoms with Crippen LogP contribution in [0.4, 0.5) is 0 Å². The van der Waals surface area contributed by atoms with Crippen LogP contribution in [0.25, 0.3) is 10.1 Å². The number of amides is 1. The molecule has 1 atom stereocenters. The molecule has 0 spiro atoms. The number of fused-ring (bicyclic) bond motifs is 1. The average molecular weight is 301 g/mol. The molecule has 3 aromatic rings. The normalized spacial score (nSPS) is 12.4. The third-order valence-corrected chi connectivity index (χ3v) is 4.30. The number of aromatic nitrogens is 2. The van der Waals surface area contributed by atoms with Crippen LogP contribution < -0.4 is 5.32 Å². The zero-order chi connectivity index (χ0) is 14.7. The van der Waals surface area contributed by atoms with Crippen molar-refractivity contribution in [3.8, 4) is 0 Å². The quantitative estimate of drug-likeness (QED) is 0.673. The van der Waals surface area contributed by atoms with Crippen molar-refractivity contribution in [2.24, 2.45) is 0 Å². The SMILES string of the molecule is O=C(NCc1csc2ccccc12)[C@@H](O)Cc1cnc[nH]1. The van der Waals surface area contributed by atoms with Crippen LogP contribution in [-0.4, -0.2) is 27.1 Å². The number of carbonyl (C=O) groups excluding carboxylic acids is 1. The van der Waals surface area contributed by atoms with E-state index < -0.39 is 6.10 Å². The molecular weight excluding hydrogens is 286 g/mol. The lowest BCUT2D eigenvalue weighted by Crippen LogP contribution is -2.35. The van der Waals surface area contributed by atoms with Crippen LogP contribution in [0.5, 0.6) is 0 Å². The first kappa shape index (κ1) is 13.8. The zero-order valence-corrected chi connectivity index (χ0v) is 12.1. The van der Waals surface area contributed by atoms with Gasteiger partial charge in [0, 0.05) is 29.6 Å². The first-order valence-corrected chi connectivity index (χ1v) is 7.50. The Morgan fingerprint density at radius 1 is 1.43 bits per heavy atom. The lowest BCUT2D eigenvalue weighted by atomic mass is 10.1. The summed E-state index contributed by atoms with van der Waals surface area (Å²) in [4.78, 5) is 18.6. The molecule has 0 aliphatic carbocycles. The fourth-order valence-corrected chi connectivity index (χ4v) is 3.13. The van der Waals surface area contributed by atoms with E-state index in [1.807, 2.05) is 23.6 Å². The van der Waals surface area contributed by atoms with Gasteiger partial charge < -0.3 is 15.4 Å². The van der Waals surface area contributed by atoms with Gasteiger partial charge in [0.2, 0.25) is 5.91 Å². The molecule has 0 aliphatic rings. The first-order valence-electron chi connectivity index (χ1n) is 6.62. The maximum Gasteiger partial charge on any atom is 0.249 e. The number of hydrogen-bond acceptors (Lipinski definition) is 4. The molecule has 3 N–H and O–H groups in total. The van der Waals surface area contributed by atoms with Crippen LogP contribution in [0.15, 0.2) is 42.2 Å². The molecule has 21 heavy (non-hydrogen) atoms. The van der Waals surface area contributed by atoms with Crippen molar-refractivity contribution in [1.82, 2.24) is 15.3 Å². The highest BCUT2D eigenvalue weighted by molar-refractivity contribution is 7.17. The number of aliphatic hydroxyl groups excluding tert-OH is 1. The Morgan fingerprint density at radius 2 is 2.29 bits per heavy atom. The maximum absolute atomic E-state index is 11.9. The maximum atomic E-state index is 11.9. The van der Waals surface area contributed by atoms with Crippen molar-refractivity contribution in [2.75, 3.05) is 0 Å². The highest BCUT2D eigenvalue weighted by atomic mass is 32.1. The van der Waals surface area contributed by atoms with Gasteiger partial charge in [-0.1, -0.05) is 18.2 Å². The zero-order valence-electron chi connectivity index (χ0n) is 11.2. The number of rotatable bonds is 5. The summed E-state index contributed by atoms with van der Waals surface area (Å²) >= 11 is 1.65. The van der Waals surface area contributed by atoms with Crippen molar-refractivity contribution in [1.29, 1.82) is 0 Å². The molecule has 0 aliphatic heterocycles. The van der Waals surface area contributed by atoms with Crippen molar-refractivity contribution >= 4 is 27.3 Å². The highest BCUT2D eigenvalue weighted by Crippen LogP contribution is 2.25. The molecule has 108 valence electrons. The molecule has 6 heteroatoms. The van der Waals surface area contributed by atoms with Crippen LogP contribution in [0.3, 0.4) is 0 Å². The molecule has 1 amide bonds. The number of H-pyrrole nitrogens is 1. The van der Waals surface area contributed by atoms with Crippen LogP contribution in [0.1, 0.15) is 11.3 Å². The van der Waals surface area contributed by atoms with E-state index in [9.17, 15) is 9.90 Å². The fourth-order valence-electron chi connectivity index (χ4n) is 2.17. The summed E-state index contributed by atoms with van der Waals surface area (Å²) < 4.78 is 1.19. The van der Waals surface area contributed by atoms with Gasteiger partial charge in [-0.2, -0.15) is 0 Å². The summed E-state index contributed by atoms with van der Waals surface area (Å²) in [7, 11) is 0. The van der Waals surface area contributed by atoms with Gasteiger partial charge in [-0.05, 0) is 22.4 Å². The Morgan fingerprint density at radius 3 is 3.10 bits per heavy atom. The van der Waals surface area contributed by atoms with Crippen LogP contribution in [0.2, 0.25) is 0 Å². The number of thiophene rings is 1. The molecule has 1 aromatic carbocycles. The Kier molecular flexibility index (Phi) is 3.98. The van der Waals surface area contributed by atoms with Gasteiger partial charge in [-0.3, -0.25) is 4.79 Å². The van der Waals surface area contributed by atoms with E-state index in [1.165, 1.54) is 11.0 Å². The molecule has 0 saturated heterocycles. The van der Waals surface area contributed by atoms with Crippen LogP contribution in [0, 0.1) is 0 Å². The number of hydrogen-bond donors (Lipinski definition) is 3. The fraction of sp³-hybridized carbons (Fsp3) is 0.200. The van der Waals surface area contributed by atoms with Gasteiger partial charge in [0.15, 0.2) is 0 Å². The average Bonchev–Trinajstić information content (AvgIpc) is 3.14. The van der Waals surface area contributed by atoms with Gasteiger partial charge in [-0.25, -0.2) is 4.98 Å². The summed E-state index contributed by atoms with van der Waals surface area (Å²) in [6.07, 6.45) is 2.28. The molecule has 0 unspecified atom stereocenters. The Bertz CT molecular complexity index is 736. The van der Waals surface area contributed by atoms with Gasteiger partial charge >= 0.3 is 0 Å². The minimum Gasteiger partial charge on any atom is -0.383 e. The Balaban J connectivity index is 1.60. The third kappa shape index (κ3) is 3.12. The number of imidazole rings is 1. The highest BCUT2D eigenvalue weighted by Gasteiger charge is 2.16. The number of aromatic amines is 1. The first-order chi connectivity index (χ1) is 10.2. The van der Waals surface area contributed by atoms with E-state index in [0.29, 0.717) is 6.54 Å². The van der Waals surface area contributed by atoms with Gasteiger partial charge in [-0.15, -0.1) is 11.3 Å². The second kappa shape index (κ2) is 6.07. The number of carbonyl (C=O) groups is 1. The van der Waals surface area contributed by atoms with Crippen LogP contribution >= 0.6 is 11.3 Å². The minimum absolute atomic E-state index is 0.232. The van der Waals surface area contributed by atoms with E-state index in [2.05, 4.69) is 21.4 Å². The topological polar surface area (TPSA) is 78.0 Å². The third-order valence-electron chi connectivity index (χ3n) is 3.29. The summed E-state index contributed by atoms with van der Waals surface area (Å²) in [5.41, 5.74) is 1.80. The lowest BCUT2D eigenvalue weighted by Gasteiger charge is -2.10. The van der Waals surface area contributed by atoms with E-state index in [1.54, 1.807) is 17.5 Å². The minimum atomic E-state index is -1.07. The summed E-state index contributed by atoms with van der Waals surface area (Å²) in [5, 5.41) is 15.8. The second-order valence-corrected chi connectivity index (χ2v) is 5.68. The molecule has 2 heterocycles. The van der Waals surface area contributed by atoms with Gasteiger partial charge in [0.25, 0.3) is 0 Å². The predicted molar refractivity (Wildman–Crippen MR) is 82.0 cm³/mol. The smallest absolute Gasteiger partial charge is 0.249 e. The summed E-state index contributed by atoms with van der Waals surface area (Å²) in [5.74, 6) is -0.375. The van der Waals surface area contributed by atoms with Gasteiger partial charge in [0.05, 0.1) is 6.33 Å². The monoisotopic (exact) mass is 301 g/mol. The molecule has 3 rings (SSSR count). The second-order valence-electron chi connectivity index (χ2n) is 4.77. The molecular formula is C15H15N3O2S. The number of nitrogens with zero attached hydrogens (tertiary/aromatic N) is 1. The lowest BCUT2D eigenvalue weighted by molar-refractivity contribution is -0.129.